The summed E-state index contributed by atoms with van der Waals surface area (Å²) in [6.07, 6.45) is 2.61. The highest BCUT2D eigenvalue weighted by Gasteiger charge is 2.12. The van der Waals surface area contributed by atoms with Crippen molar-refractivity contribution in [3.63, 3.8) is 0 Å². The third kappa shape index (κ3) is 6.16. The second-order valence-corrected chi connectivity index (χ2v) is 6.75. The molecule has 138 valence electrons. The van der Waals surface area contributed by atoms with Gasteiger partial charge in [-0.3, -0.25) is 9.59 Å². The molecule has 0 aliphatic carbocycles. The van der Waals surface area contributed by atoms with Gasteiger partial charge in [-0.1, -0.05) is 12.1 Å². The van der Waals surface area contributed by atoms with Gasteiger partial charge in [-0.2, -0.15) is 11.8 Å². The van der Waals surface area contributed by atoms with Crippen molar-refractivity contribution in [3.8, 4) is 0 Å². The molecule has 26 heavy (non-hydrogen) atoms. The summed E-state index contributed by atoms with van der Waals surface area (Å²) in [6.45, 7) is 0.373. The number of nitrogens with one attached hydrogen (secondary N) is 2. The van der Waals surface area contributed by atoms with E-state index in [0.29, 0.717) is 24.2 Å². The Bertz CT molecular complexity index is 735. The van der Waals surface area contributed by atoms with Crippen molar-refractivity contribution in [1.82, 2.24) is 5.32 Å². The molecule has 0 aliphatic rings. The number of amides is 2. The average molecular weight is 375 g/mol. The molecule has 2 aromatic rings. The second kappa shape index (κ2) is 9.94. The molecule has 7 heteroatoms. The minimum absolute atomic E-state index is 0.173. The lowest BCUT2D eigenvalue weighted by Gasteiger charge is -2.12. The van der Waals surface area contributed by atoms with Crippen molar-refractivity contribution in [1.29, 1.82) is 0 Å². The van der Waals surface area contributed by atoms with Crippen molar-refractivity contribution in [2.24, 2.45) is 5.73 Å². The van der Waals surface area contributed by atoms with Crippen molar-refractivity contribution < 1.29 is 14.0 Å². The highest BCUT2D eigenvalue weighted by Crippen LogP contribution is 2.12. The maximum absolute atomic E-state index is 12.9. The molecule has 2 aromatic carbocycles. The van der Waals surface area contributed by atoms with E-state index in [1.807, 2.05) is 18.4 Å². The Morgan fingerprint density at radius 1 is 1.12 bits per heavy atom. The number of hydrogen-bond donors (Lipinski definition) is 3. The monoisotopic (exact) mass is 375 g/mol. The fraction of sp³-hybridized carbons (Fsp3) is 0.263. The van der Waals surface area contributed by atoms with Gasteiger partial charge in [-0.15, -0.1) is 0 Å². The summed E-state index contributed by atoms with van der Waals surface area (Å²) in [5, 5.41) is 5.54. The predicted octanol–water partition coefficient (Wildman–Crippen LogP) is 2.77. The van der Waals surface area contributed by atoms with Crippen LogP contribution in [-0.2, 0) is 11.3 Å². The van der Waals surface area contributed by atoms with Crippen molar-refractivity contribution in [2.75, 3.05) is 17.3 Å². The number of carbonyl (C=O) groups is 2. The average Bonchev–Trinajstić information content (AvgIpc) is 2.65. The molecule has 4 N–H and O–H groups in total. The Hall–Kier alpha value is -2.38. The molecule has 0 bridgehead atoms. The van der Waals surface area contributed by atoms with Gasteiger partial charge in [0.1, 0.15) is 5.82 Å². The fourth-order valence-electron chi connectivity index (χ4n) is 2.21. The third-order valence-electron chi connectivity index (χ3n) is 3.75. The molecule has 0 unspecified atom stereocenters. The molecule has 1 atom stereocenters. The van der Waals surface area contributed by atoms with Crippen LogP contribution in [0.4, 0.5) is 10.1 Å². The van der Waals surface area contributed by atoms with Gasteiger partial charge in [0.15, 0.2) is 0 Å². The summed E-state index contributed by atoms with van der Waals surface area (Å²) >= 11 is 1.65. The number of benzene rings is 2. The first-order valence-corrected chi connectivity index (χ1v) is 9.57. The molecule has 0 aromatic heterocycles. The highest BCUT2D eigenvalue weighted by atomic mass is 32.2. The van der Waals surface area contributed by atoms with E-state index in [4.69, 9.17) is 5.73 Å². The minimum atomic E-state index is -0.503. The van der Waals surface area contributed by atoms with Crippen LogP contribution >= 0.6 is 11.8 Å². The van der Waals surface area contributed by atoms with Crippen LogP contribution in [0, 0.1) is 5.82 Å². The zero-order valence-electron chi connectivity index (χ0n) is 14.5. The number of carbonyl (C=O) groups excluding carboxylic acids is 2. The second-order valence-electron chi connectivity index (χ2n) is 5.76. The summed E-state index contributed by atoms with van der Waals surface area (Å²) in [4.78, 5) is 24.0. The van der Waals surface area contributed by atoms with E-state index in [2.05, 4.69) is 10.6 Å². The summed E-state index contributed by atoms with van der Waals surface area (Å²) in [5.41, 5.74) is 7.71. The zero-order valence-corrected chi connectivity index (χ0v) is 15.3. The molecule has 0 heterocycles. The summed E-state index contributed by atoms with van der Waals surface area (Å²) in [5.74, 6) is -0.0310. The third-order valence-corrected chi connectivity index (χ3v) is 4.40. The van der Waals surface area contributed by atoms with E-state index >= 15 is 0 Å². The summed E-state index contributed by atoms with van der Waals surface area (Å²) in [6, 6.07) is 11.9. The minimum Gasteiger partial charge on any atom is -0.351 e. The quantitative estimate of drug-likeness (QED) is 0.662. The van der Waals surface area contributed by atoms with Gasteiger partial charge in [-0.05, 0) is 60.4 Å². The molecular weight excluding hydrogens is 353 g/mol. The Balaban J connectivity index is 1.85. The number of thioether (sulfide) groups is 1. The van der Waals surface area contributed by atoms with E-state index < -0.39 is 6.04 Å². The van der Waals surface area contributed by atoms with Gasteiger partial charge in [0.2, 0.25) is 5.91 Å². The fourth-order valence-corrected chi connectivity index (χ4v) is 2.70. The molecule has 0 fully saturated rings. The maximum Gasteiger partial charge on any atom is 0.255 e. The molecule has 0 saturated carbocycles. The van der Waals surface area contributed by atoms with Crippen molar-refractivity contribution >= 4 is 29.3 Å². The molecule has 0 radical (unpaired) electrons. The van der Waals surface area contributed by atoms with Crippen LogP contribution in [0.1, 0.15) is 22.3 Å². The first-order valence-electron chi connectivity index (χ1n) is 8.17. The summed E-state index contributed by atoms with van der Waals surface area (Å²) < 4.78 is 12.9. The zero-order chi connectivity index (χ0) is 18.9. The van der Waals surface area contributed by atoms with Crippen LogP contribution in [0.2, 0.25) is 0 Å². The number of anilines is 1. The Kier molecular flexibility index (Phi) is 7.62. The van der Waals surface area contributed by atoms with E-state index in [-0.39, 0.29) is 17.6 Å². The van der Waals surface area contributed by atoms with E-state index in [0.717, 1.165) is 11.3 Å². The van der Waals surface area contributed by atoms with Crippen LogP contribution in [-0.4, -0.2) is 29.9 Å². The first kappa shape index (κ1) is 19.9. The standard InChI is InChI=1S/C19H22FN3O2S/c1-26-11-10-17(21)19(25)22-12-13-2-8-16(9-3-13)23-18(24)14-4-6-15(20)7-5-14/h2-9,17H,10-12,21H2,1H3,(H,22,25)(H,23,24)/t17-/m0/s1. The van der Waals surface area contributed by atoms with Gasteiger partial charge in [0.25, 0.3) is 5.91 Å². The number of hydrogen-bond acceptors (Lipinski definition) is 4. The molecular formula is C19H22FN3O2S. The van der Waals surface area contributed by atoms with Crippen LogP contribution in [0.25, 0.3) is 0 Å². The normalized spacial score (nSPS) is 11.7. The molecule has 0 saturated heterocycles. The van der Waals surface area contributed by atoms with Crippen LogP contribution in [0.3, 0.4) is 0 Å². The lowest BCUT2D eigenvalue weighted by atomic mass is 10.1. The Morgan fingerprint density at radius 2 is 1.77 bits per heavy atom. The number of rotatable bonds is 8. The SMILES string of the molecule is CSCC[C@H](N)C(=O)NCc1ccc(NC(=O)c2ccc(F)cc2)cc1. The topological polar surface area (TPSA) is 84.2 Å². The Labute approximate surface area is 156 Å². The van der Waals surface area contributed by atoms with Crippen molar-refractivity contribution in [2.45, 2.75) is 19.0 Å². The largest absolute Gasteiger partial charge is 0.351 e. The molecule has 2 rings (SSSR count). The molecule has 5 nitrogen and oxygen atoms in total. The van der Waals surface area contributed by atoms with Crippen molar-refractivity contribution in [3.05, 3.63) is 65.5 Å². The van der Waals surface area contributed by atoms with Crippen LogP contribution < -0.4 is 16.4 Å². The van der Waals surface area contributed by atoms with Gasteiger partial charge in [0.05, 0.1) is 6.04 Å². The number of nitrogens with two attached hydrogens (primary N) is 1. The van der Waals surface area contributed by atoms with Gasteiger partial charge in [-0.25, -0.2) is 4.39 Å². The lowest BCUT2D eigenvalue weighted by Crippen LogP contribution is -2.40. The van der Waals surface area contributed by atoms with Gasteiger partial charge >= 0.3 is 0 Å². The molecule has 2 amide bonds. The first-order chi connectivity index (χ1) is 12.5. The lowest BCUT2D eigenvalue weighted by molar-refractivity contribution is -0.122. The predicted molar refractivity (Wildman–Crippen MR) is 104 cm³/mol. The highest BCUT2D eigenvalue weighted by molar-refractivity contribution is 7.98. The van der Waals surface area contributed by atoms with Crippen LogP contribution in [0.5, 0.6) is 0 Å². The Morgan fingerprint density at radius 3 is 2.38 bits per heavy atom. The van der Waals surface area contributed by atoms with Gasteiger partial charge in [0, 0.05) is 17.8 Å². The molecule has 0 aliphatic heterocycles. The smallest absolute Gasteiger partial charge is 0.255 e. The number of halogens is 1. The molecule has 0 spiro atoms. The van der Waals surface area contributed by atoms with E-state index in [1.165, 1.54) is 24.3 Å². The maximum atomic E-state index is 12.9. The summed E-state index contributed by atoms with van der Waals surface area (Å²) in [7, 11) is 0. The van der Waals surface area contributed by atoms with E-state index in [1.54, 1.807) is 23.9 Å². The van der Waals surface area contributed by atoms with E-state index in [9.17, 15) is 14.0 Å². The van der Waals surface area contributed by atoms with Gasteiger partial charge < -0.3 is 16.4 Å². The van der Waals surface area contributed by atoms with Crippen LogP contribution in [0.15, 0.2) is 48.5 Å².